The fraction of sp³-hybridized carbons (Fsp3) is 0.517. The third kappa shape index (κ3) is 6.87. The Morgan fingerprint density at radius 2 is 1.56 bits per heavy atom. The summed E-state index contributed by atoms with van der Waals surface area (Å²) in [5.41, 5.74) is 2.43. The number of carbonyl (C=O) groups is 2. The lowest BCUT2D eigenvalue weighted by Crippen LogP contribution is -2.45. The predicted molar refractivity (Wildman–Crippen MR) is 143 cm³/mol. The van der Waals surface area contributed by atoms with Crippen LogP contribution in [-0.2, 0) is 22.6 Å². The summed E-state index contributed by atoms with van der Waals surface area (Å²) in [4.78, 5) is 31.3. The van der Waals surface area contributed by atoms with Crippen LogP contribution in [-0.4, -0.2) is 66.9 Å². The van der Waals surface area contributed by atoms with Gasteiger partial charge in [0.05, 0.1) is 11.8 Å². The van der Waals surface area contributed by atoms with Gasteiger partial charge in [-0.1, -0.05) is 54.1 Å². The number of halogens is 1. The Balaban J connectivity index is 1.14. The molecule has 0 aromatic heterocycles. The van der Waals surface area contributed by atoms with Gasteiger partial charge in [-0.05, 0) is 54.9 Å². The highest BCUT2D eigenvalue weighted by atomic mass is 35.5. The van der Waals surface area contributed by atoms with Gasteiger partial charge in [0, 0.05) is 56.9 Å². The maximum atomic E-state index is 13.4. The molecule has 1 aliphatic carbocycles. The van der Waals surface area contributed by atoms with Crippen LogP contribution in [0.5, 0.6) is 0 Å². The molecular formula is C29H37ClN4O2. The number of amides is 2. The number of carbonyl (C=O) groups excluding carboxylic acids is 2. The van der Waals surface area contributed by atoms with Crippen LogP contribution in [0.3, 0.4) is 0 Å². The molecule has 5 rings (SSSR count). The molecule has 2 heterocycles. The molecule has 2 saturated heterocycles. The van der Waals surface area contributed by atoms with E-state index in [-0.39, 0.29) is 29.7 Å². The van der Waals surface area contributed by atoms with Gasteiger partial charge >= 0.3 is 0 Å². The normalized spacial score (nSPS) is 24.6. The molecule has 7 heteroatoms. The first-order valence-corrected chi connectivity index (χ1v) is 13.7. The van der Waals surface area contributed by atoms with Crippen molar-refractivity contribution in [2.24, 2.45) is 17.8 Å². The van der Waals surface area contributed by atoms with Crippen molar-refractivity contribution >= 4 is 23.4 Å². The second kappa shape index (κ2) is 11.8. The first kappa shape index (κ1) is 25.2. The summed E-state index contributed by atoms with van der Waals surface area (Å²) in [7, 11) is 0. The van der Waals surface area contributed by atoms with E-state index >= 15 is 0 Å². The third-order valence-corrected chi connectivity index (χ3v) is 8.03. The van der Waals surface area contributed by atoms with Gasteiger partial charge < -0.3 is 15.5 Å². The van der Waals surface area contributed by atoms with Crippen molar-refractivity contribution in [1.82, 2.24) is 20.4 Å². The number of rotatable bonds is 10. The average Bonchev–Trinajstić information content (AvgIpc) is 3.42. The molecular weight excluding hydrogens is 472 g/mol. The minimum absolute atomic E-state index is 0.000429. The van der Waals surface area contributed by atoms with Crippen LogP contribution in [0.15, 0.2) is 54.6 Å². The molecule has 3 atom stereocenters. The largest absolute Gasteiger partial charge is 0.355 e. The smallest absolute Gasteiger partial charge is 0.225 e. The molecule has 2 N–H and O–H groups in total. The van der Waals surface area contributed by atoms with Crippen LogP contribution >= 0.6 is 11.6 Å². The summed E-state index contributed by atoms with van der Waals surface area (Å²) in [5, 5.41) is 7.11. The van der Waals surface area contributed by atoms with Gasteiger partial charge in [-0.25, -0.2) is 0 Å². The van der Waals surface area contributed by atoms with Crippen molar-refractivity contribution in [3.8, 4) is 0 Å². The maximum absolute atomic E-state index is 13.4. The van der Waals surface area contributed by atoms with Crippen molar-refractivity contribution < 1.29 is 9.59 Å². The van der Waals surface area contributed by atoms with Gasteiger partial charge in [0.25, 0.3) is 0 Å². The van der Waals surface area contributed by atoms with Crippen LogP contribution < -0.4 is 10.6 Å². The van der Waals surface area contributed by atoms with Gasteiger partial charge in [0.1, 0.15) is 0 Å². The Kier molecular flexibility index (Phi) is 8.25. The Hall–Kier alpha value is -2.41. The van der Waals surface area contributed by atoms with Crippen molar-refractivity contribution in [3.05, 3.63) is 70.7 Å². The number of nitrogens with one attached hydrogen (secondary N) is 2. The minimum atomic E-state index is -0.296. The molecule has 2 aromatic carbocycles. The average molecular weight is 509 g/mol. The minimum Gasteiger partial charge on any atom is -0.355 e. The van der Waals surface area contributed by atoms with Crippen LogP contribution in [0.25, 0.3) is 0 Å². The number of hydrogen-bond donors (Lipinski definition) is 2. The van der Waals surface area contributed by atoms with E-state index in [0.717, 1.165) is 50.5 Å². The molecule has 3 fully saturated rings. The Labute approximate surface area is 219 Å². The fourth-order valence-corrected chi connectivity index (χ4v) is 5.71. The summed E-state index contributed by atoms with van der Waals surface area (Å²) in [6.07, 6.45) is 4.24. The highest BCUT2D eigenvalue weighted by Gasteiger charge is 2.43. The van der Waals surface area contributed by atoms with E-state index in [1.807, 2.05) is 30.3 Å². The Bertz CT molecular complexity index is 1030. The van der Waals surface area contributed by atoms with Gasteiger partial charge in [-0.15, -0.1) is 0 Å². The Morgan fingerprint density at radius 1 is 0.833 bits per heavy atom. The monoisotopic (exact) mass is 508 g/mol. The third-order valence-electron chi connectivity index (χ3n) is 7.78. The zero-order chi connectivity index (χ0) is 24.9. The molecule has 0 bridgehead atoms. The van der Waals surface area contributed by atoms with Crippen LogP contribution in [0, 0.1) is 17.8 Å². The molecule has 1 saturated carbocycles. The highest BCUT2D eigenvalue weighted by Crippen LogP contribution is 2.33. The quantitative estimate of drug-likeness (QED) is 0.516. The highest BCUT2D eigenvalue weighted by molar-refractivity contribution is 6.30. The van der Waals surface area contributed by atoms with Crippen LogP contribution in [0.1, 0.15) is 30.4 Å². The summed E-state index contributed by atoms with van der Waals surface area (Å²) in [5.74, 6) is 0.192. The molecule has 6 nitrogen and oxygen atoms in total. The second-order valence-electron chi connectivity index (χ2n) is 10.8. The Morgan fingerprint density at radius 3 is 2.28 bits per heavy atom. The number of likely N-dealkylation sites (tertiary alicyclic amines) is 2. The van der Waals surface area contributed by atoms with Gasteiger partial charge in [-0.2, -0.15) is 0 Å². The van der Waals surface area contributed by atoms with E-state index in [2.05, 4.69) is 44.7 Å². The molecule has 2 aliphatic heterocycles. The molecule has 0 spiro atoms. The lowest BCUT2D eigenvalue weighted by Gasteiger charge is -2.21. The molecule has 2 aromatic rings. The maximum Gasteiger partial charge on any atom is 0.225 e. The fourth-order valence-electron chi connectivity index (χ4n) is 5.59. The molecule has 2 amide bonds. The molecule has 1 unspecified atom stereocenters. The van der Waals surface area contributed by atoms with Crippen LogP contribution in [0.4, 0.5) is 0 Å². The van der Waals surface area contributed by atoms with Crippen LogP contribution in [0.2, 0.25) is 5.02 Å². The molecule has 3 aliphatic rings. The zero-order valence-electron chi connectivity index (χ0n) is 20.9. The first-order chi connectivity index (χ1) is 17.5. The number of benzene rings is 2. The van der Waals surface area contributed by atoms with Gasteiger partial charge in [-0.3, -0.25) is 14.5 Å². The van der Waals surface area contributed by atoms with Crippen molar-refractivity contribution in [2.45, 2.75) is 38.3 Å². The van der Waals surface area contributed by atoms with Gasteiger partial charge in [0.15, 0.2) is 0 Å². The summed E-state index contributed by atoms with van der Waals surface area (Å²) in [6, 6.07) is 18.3. The zero-order valence-corrected chi connectivity index (χ0v) is 21.6. The summed E-state index contributed by atoms with van der Waals surface area (Å²) < 4.78 is 0. The molecule has 36 heavy (non-hydrogen) atoms. The second-order valence-corrected chi connectivity index (χ2v) is 11.2. The van der Waals surface area contributed by atoms with Gasteiger partial charge in [0.2, 0.25) is 11.8 Å². The topological polar surface area (TPSA) is 64.7 Å². The van der Waals surface area contributed by atoms with Crippen molar-refractivity contribution in [1.29, 1.82) is 0 Å². The van der Waals surface area contributed by atoms with E-state index < -0.39 is 0 Å². The number of nitrogens with zero attached hydrogens (tertiary/aromatic N) is 2. The van der Waals surface area contributed by atoms with E-state index in [4.69, 9.17) is 11.6 Å². The molecule has 0 radical (unpaired) electrons. The van der Waals surface area contributed by atoms with Crippen molar-refractivity contribution in [3.63, 3.8) is 0 Å². The van der Waals surface area contributed by atoms with E-state index in [0.29, 0.717) is 24.7 Å². The predicted octanol–water partition coefficient (Wildman–Crippen LogP) is 3.35. The summed E-state index contributed by atoms with van der Waals surface area (Å²) >= 11 is 5.97. The van der Waals surface area contributed by atoms with E-state index in [9.17, 15) is 9.59 Å². The molecule has 192 valence electrons. The lowest BCUT2D eigenvalue weighted by molar-refractivity contribution is -0.133. The lowest BCUT2D eigenvalue weighted by atomic mass is 9.93. The van der Waals surface area contributed by atoms with Crippen molar-refractivity contribution in [2.75, 3.05) is 39.3 Å². The van der Waals surface area contributed by atoms with E-state index in [1.54, 1.807) is 0 Å². The first-order valence-electron chi connectivity index (χ1n) is 13.3. The SMILES string of the molecule is O=C(NCCc1ccc(Cl)cc1)[C@H]1CN(CC2CC2)C[C@H]1C(=O)NC1CCN(Cc2ccccc2)C1. The summed E-state index contributed by atoms with van der Waals surface area (Å²) in [6.45, 7) is 5.66. The van der Waals surface area contributed by atoms with E-state index in [1.165, 1.54) is 18.4 Å². The number of hydrogen-bond acceptors (Lipinski definition) is 4. The standard InChI is InChI=1S/C29H37ClN4O2/c30-24-10-8-21(9-11-24)12-14-31-28(35)26-19-34(17-23-6-7-23)20-27(26)29(36)32-25-13-15-33(18-25)16-22-4-2-1-3-5-22/h1-5,8-11,23,25-27H,6-7,12-20H2,(H,31,35)(H,32,36)/t25?,26-,27+/m0/s1.